The molecule has 0 aliphatic heterocycles. The Labute approximate surface area is 151 Å². The lowest BCUT2D eigenvalue weighted by molar-refractivity contribution is 0.206. The fraction of sp³-hybridized carbons (Fsp3) is 0.100. The first-order valence-corrected chi connectivity index (χ1v) is 8.15. The van der Waals surface area contributed by atoms with Gasteiger partial charge in [-0.3, -0.25) is 10.7 Å². The zero-order valence-electron chi connectivity index (χ0n) is 14.5. The lowest BCUT2D eigenvalue weighted by Crippen LogP contribution is -2.06. The molecule has 2 heterocycles. The van der Waals surface area contributed by atoms with Gasteiger partial charge in [0.15, 0.2) is 11.6 Å². The topological polar surface area (TPSA) is 75.6 Å². The highest BCUT2D eigenvalue weighted by Gasteiger charge is 2.09. The van der Waals surface area contributed by atoms with Crippen molar-refractivity contribution in [1.29, 1.82) is 0 Å². The Hall–Kier alpha value is -3.38. The summed E-state index contributed by atoms with van der Waals surface area (Å²) in [5, 5.41) is 13.7. The van der Waals surface area contributed by atoms with Crippen LogP contribution in [0.2, 0.25) is 0 Å². The summed E-state index contributed by atoms with van der Waals surface area (Å²) in [6.07, 6.45) is 7.04. The Balaban J connectivity index is 1.81. The van der Waals surface area contributed by atoms with Crippen molar-refractivity contribution < 1.29 is 9.73 Å². The quantitative estimate of drug-likeness (QED) is 0.527. The van der Waals surface area contributed by atoms with Gasteiger partial charge in [-0.25, -0.2) is 4.99 Å². The first-order chi connectivity index (χ1) is 12.7. The van der Waals surface area contributed by atoms with Crippen molar-refractivity contribution in [2.45, 2.75) is 13.5 Å². The van der Waals surface area contributed by atoms with Crippen LogP contribution in [0.15, 0.2) is 82.7 Å². The molecule has 6 heteroatoms. The van der Waals surface area contributed by atoms with Crippen LogP contribution in [0.4, 0.5) is 5.82 Å². The van der Waals surface area contributed by atoms with Gasteiger partial charge < -0.3 is 9.09 Å². The number of nitrogens with one attached hydrogen (secondary N) is 1. The molecule has 3 aromatic rings. The number of hydroxylamine groups is 1. The minimum atomic E-state index is 0.414. The summed E-state index contributed by atoms with van der Waals surface area (Å²) in [4.78, 5) is 4.51. The highest BCUT2D eigenvalue weighted by molar-refractivity contribution is 5.57. The van der Waals surface area contributed by atoms with Crippen LogP contribution in [0.3, 0.4) is 0 Å². The van der Waals surface area contributed by atoms with E-state index in [1.54, 1.807) is 6.08 Å². The van der Waals surface area contributed by atoms with E-state index in [0.29, 0.717) is 17.3 Å². The first kappa shape index (κ1) is 17.4. The summed E-state index contributed by atoms with van der Waals surface area (Å²) in [5.41, 5.74) is 4.46. The molecule has 3 rings (SSSR count). The number of hydrogen-bond donors (Lipinski definition) is 2. The van der Waals surface area contributed by atoms with Crippen molar-refractivity contribution in [1.82, 2.24) is 15.2 Å². The van der Waals surface area contributed by atoms with Crippen LogP contribution >= 0.6 is 0 Å². The predicted octanol–water partition coefficient (Wildman–Crippen LogP) is 3.57. The number of benzene rings is 1. The van der Waals surface area contributed by atoms with Gasteiger partial charge in [-0.15, -0.1) is 0 Å². The van der Waals surface area contributed by atoms with Crippen LogP contribution in [-0.2, 0) is 6.54 Å². The summed E-state index contributed by atoms with van der Waals surface area (Å²) in [7, 11) is 0. The maximum atomic E-state index is 8.97. The van der Waals surface area contributed by atoms with Crippen molar-refractivity contribution in [3.8, 4) is 0 Å². The fourth-order valence-corrected chi connectivity index (χ4v) is 2.40. The van der Waals surface area contributed by atoms with Crippen LogP contribution in [0, 0.1) is 6.92 Å². The second-order valence-electron chi connectivity index (χ2n) is 5.74. The molecule has 26 heavy (non-hydrogen) atoms. The molecule has 0 spiro atoms. The highest BCUT2D eigenvalue weighted by Crippen LogP contribution is 2.22. The van der Waals surface area contributed by atoms with Gasteiger partial charge in [0.05, 0.1) is 11.1 Å². The first-order valence-electron chi connectivity index (χ1n) is 8.15. The lowest BCUT2D eigenvalue weighted by Gasteiger charge is -2.05. The monoisotopic (exact) mass is 348 g/mol. The van der Waals surface area contributed by atoms with Crippen LogP contribution in [-0.4, -0.2) is 14.9 Å². The molecule has 132 valence electrons. The molecule has 0 fully saturated rings. The zero-order valence-corrected chi connectivity index (χ0v) is 14.5. The lowest BCUT2D eigenvalue weighted by atomic mass is 10.2. The van der Waals surface area contributed by atoms with Gasteiger partial charge in [-0.2, -0.15) is 0 Å². The molecule has 0 saturated carbocycles. The molecule has 1 aromatic carbocycles. The molecule has 0 aliphatic carbocycles. The average molecular weight is 348 g/mol. The van der Waals surface area contributed by atoms with E-state index in [1.165, 1.54) is 11.6 Å². The van der Waals surface area contributed by atoms with Crippen LogP contribution < -0.4 is 10.8 Å². The van der Waals surface area contributed by atoms with Crippen molar-refractivity contribution >= 4 is 11.9 Å². The molecule has 0 bridgehead atoms. The maximum absolute atomic E-state index is 8.97. The number of nitrogens with zero attached hydrogens (tertiary/aromatic N) is 3. The van der Waals surface area contributed by atoms with Crippen LogP contribution in [0.5, 0.6) is 0 Å². The minimum absolute atomic E-state index is 0.414. The van der Waals surface area contributed by atoms with E-state index in [-0.39, 0.29) is 0 Å². The van der Waals surface area contributed by atoms with Gasteiger partial charge in [0.2, 0.25) is 0 Å². The van der Waals surface area contributed by atoms with E-state index >= 15 is 0 Å². The third-order valence-electron chi connectivity index (χ3n) is 3.89. The molecule has 2 aromatic heterocycles. The molecular formula is C20H20N4O2. The molecule has 0 unspecified atom stereocenters. The predicted molar refractivity (Wildman–Crippen MR) is 99.5 cm³/mol. The van der Waals surface area contributed by atoms with Gasteiger partial charge in [-0.05, 0) is 30.7 Å². The summed E-state index contributed by atoms with van der Waals surface area (Å²) in [6, 6.07) is 14.1. The number of aromatic nitrogens is 2. The van der Waals surface area contributed by atoms with Gasteiger partial charge in [-0.1, -0.05) is 42.1 Å². The molecule has 0 aliphatic rings. The smallest absolute Gasteiger partial charge is 0.199 e. The maximum Gasteiger partial charge on any atom is 0.199 e. The van der Waals surface area contributed by atoms with E-state index in [4.69, 9.17) is 9.73 Å². The van der Waals surface area contributed by atoms with Crippen molar-refractivity contribution in [3.63, 3.8) is 0 Å². The van der Waals surface area contributed by atoms with Crippen LogP contribution in [0.25, 0.3) is 6.08 Å². The Bertz CT molecular complexity index is 964. The van der Waals surface area contributed by atoms with E-state index in [0.717, 1.165) is 17.5 Å². The van der Waals surface area contributed by atoms with Crippen molar-refractivity contribution in [2.75, 3.05) is 0 Å². The molecule has 6 nitrogen and oxygen atoms in total. The standard InChI is InChI=1S/C20H20N4O2/c1-3-17(22-25)13-19-15(2)20(23-26-19)21-18-9-11-24(12-10-18)14-16-7-5-4-6-8-16/h3-13,22,25H,1,14H2,2H3/b17-13+. The fourth-order valence-electron chi connectivity index (χ4n) is 2.40. The largest absolute Gasteiger partial charge is 0.354 e. The third kappa shape index (κ3) is 4.17. The summed E-state index contributed by atoms with van der Waals surface area (Å²) in [5.74, 6) is 1.01. The second kappa shape index (κ2) is 8.13. The zero-order chi connectivity index (χ0) is 18.4. The van der Waals surface area contributed by atoms with Crippen molar-refractivity contribution in [3.05, 3.63) is 95.5 Å². The van der Waals surface area contributed by atoms with E-state index in [9.17, 15) is 0 Å². The molecule has 0 atom stereocenters. The Kier molecular flexibility index (Phi) is 5.46. The molecule has 0 radical (unpaired) electrons. The number of hydrogen-bond acceptors (Lipinski definition) is 5. The second-order valence-corrected chi connectivity index (χ2v) is 5.74. The highest BCUT2D eigenvalue weighted by atomic mass is 16.5. The van der Waals surface area contributed by atoms with E-state index < -0.39 is 0 Å². The Morgan fingerprint density at radius 3 is 2.65 bits per heavy atom. The normalized spacial score (nSPS) is 11.2. The SMILES string of the molecule is C=C/C(=C\c1onc(N=c2ccn(Cc3ccccc3)cc2)c1C)NO. The third-order valence-corrected chi connectivity index (χ3v) is 3.89. The van der Waals surface area contributed by atoms with Gasteiger partial charge in [0, 0.05) is 30.6 Å². The van der Waals surface area contributed by atoms with Gasteiger partial charge >= 0.3 is 0 Å². The van der Waals surface area contributed by atoms with Gasteiger partial charge in [0.25, 0.3) is 0 Å². The number of pyridine rings is 1. The number of allylic oxidation sites excluding steroid dienone is 1. The Morgan fingerprint density at radius 1 is 1.27 bits per heavy atom. The average Bonchev–Trinajstić information content (AvgIpc) is 3.01. The summed E-state index contributed by atoms with van der Waals surface area (Å²) < 4.78 is 7.37. The molecular weight excluding hydrogens is 328 g/mol. The van der Waals surface area contributed by atoms with Crippen molar-refractivity contribution in [2.24, 2.45) is 4.99 Å². The summed E-state index contributed by atoms with van der Waals surface area (Å²) in [6.45, 7) is 6.25. The van der Waals surface area contributed by atoms with E-state index in [1.807, 2.05) is 55.1 Å². The Morgan fingerprint density at radius 2 is 2.00 bits per heavy atom. The van der Waals surface area contributed by atoms with Gasteiger partial charge in [0.1, 0.15) is 0 Å². The molecule has 0 amide bonds. The van der Waals surface area contributed by atoms with E-state index in [2.05, 4.69) is 33.4 Å². The molecule has 0 saturated heterocycles. The minimum Gasteiger partial charge on any atom is -0.354 e. The van der Waals surface area contributed by atoms with Crippen LogP contribution in [0.1, 0.15) is 16.9 Å². The number of rotatable bonds is 6. The molecule has 2 N–H and O–H groups in total. The summed E-state index contributed by atoms with van der Waals surface area (Å²) >= 11 is 0.